The third-order valence-corrected chi connectivity index (χ3v) is 12.4. The van der Waals surface area contributed by atoms with Gasteiger partial charge in [-0.15, -0.1) is 0 Å². The standard InChI is InChI=1S/C32H52O6/c1-19-27(6-4-5-13-33)38-28-17-26-24-8-7-20-14-22(36-29-16-21(35)15-23(18-34)37-29)9-11-31(20,2)25(24)10-12-32(26,3)30(19)28/h7,19,21-30,33-35H,4-6,8-18H2,1-3H3/t19-,21+,22+,23+,24?,25?,26?,27?,28?,29-,30?,31+,32+/m1/s1. The number of allylic oxidation sites excluding steroid dienone is 1. The van der Waals surface area contributed by atoms with Crippen LogP contribution in [-0.2, 0) is 14.2 Å². The zero-order chi connectivity index (χ0) is 26.7. The van der Waals surface area contributed by atoms with Gasteiger partial charge in [0.25, 0.3) is 0 Å². The Morgan fingerprint density at radius 2 is 1.87 bits per heavy atom. The molecule has 2 aliphatic heterocycles. The van der Waals surface area contributed by atoms with E-state index < -0.39 is 12.4 Å². The predicted molar refractivity (Wildman–Crippen MR) is 145 cm³/mol. The Hall–Kier alpha value is -0.500. The Morgan fingerprint density at radius 1 is 1.03 bits per heavy atom. The number of hydrogen-bond donors (Lipinski definition) is 3. The molecule has 0 aromatic heterocycles. The van der Waals surface area contributed by atoms with Crippen LogP contribution in [0.1, 0.15) is 97.8 Å². The highest BCUT2D eigenvalue weighted by atomic mass is 16.7. The van der Waals surface area contributed by atoms with Gasteiger partial charge in [0.1, 0.15) is 0 Å². The summed E-state index contributed by atoms with van der Waals surface area (Å²) in [6.07, 6.45) is 14.7. The first-order valence-corrected chi connectivity index (χ1v) is 15.8. The number of unbranched alkanes of at least 4 members (excludes halogenated alkanes) is 1. The first-order chi connectivity index (χ1) is 18.3. The van der Waals surface area contributed by atoms with Gasteiger partial charge in [-0.25, -0.2) is 0 Å². The molecule has 5 fully saturated rings. The van der Waals surface area contributed by atoms with Crippen molar-refractivity contribution in [2.24, 2.45) is 40.4 Å². The Labute approximate surface area is 229 Å². The van der Waals surface area contributed by atoms with Crippen LogP contribution in [0.3, 0.4) is 0 Å². The maximum absolute atomic E-state index is 10.2. The van der Waals surface area contributed by atoms with Crippen molar-refractivity contribution in [2.45, 2.75) is 135 Å². The normalized spacial score (nSPS) is 52.1. The minimum absolute atomic E-state index is 0.0656. The molecule has 2 heterocycles. The van der Waals surface area contributed by atoms with Gasteiger partial charge in [-0.1, -0.05) is 32.4 Å². The van der Waals surface area contributed by atoms with Crippen LogP contribution in [-0.4, -0.2) is 65.3 Å². The molecular weight excluding hydrogens is 480 g/mol. The van der Waals surface area contributed by atoms with E-state index in [2.05, 4.69) is 26.8 Å². The van der Waals surface area contributed by atoms with Crippen LogP contribution in [0, 0.1) is 40.4 Å². The molecule has 6 aliphatic rings. The smallest absolute Gasteiger partial charge is 0.160 e. The van der Waals surface area contributed by atoms with Crippen LogP contribution in [0.4, 0.5) is 0 Å². The Bertz CT molecular complexity index is 876. The summed E-state index contributed by atoms with van der Waals surface area (Å²) in [6.45, 7) is 7.83. The first-order valence-electron chi connectivity index (χ1n) is 15.8. The van der Waals surface area contributed by atoms with Gasteiger partial charge >= 0.3 is 0 Å². The zero-order valence-electron chi connectivity index (χ0n) is 23.9. The molecular formula is C32H52O6. The Kier molecular flexibility index (Phi) is 7.80. The fourth-order valence-electron chi connectivity index (χ4n) is 10.6. The van der Waals surface area contributed by atoms with Gasteiger partial charge in [0.05, 0.1) is 37.1 Å². The molecule has 38 heavy (non-hydrogen) atoms. The van der Waals surface area contributed by atoms with Gasteiger partial charge < -0.3 is 29.5 Å². The molecule has 0 aromatic rings. The van der Waals surface area contributed by atoms with E-state index in [1.54, 1.807) is 5.57 Å². The quantitative estimate of drug-likeness (QED) is 0.316. The topological polar surface area (TPSA) is 88.4 Å². The number of rotatable bonds is 7. The van der Waals surface area contributed by atoms with Gasteiger partial charge in [0.2, 0.25) is 0 Å². The SMILES string of the molecule is C[C@@H]1C(CCCCO)OC2CC3C4CC=C5C[C@@H](O[C@H]6C[C@@H](O)C[C@@H](CO)O6)CC[C@]5(C)C4CC[C@]3(C)C21. The van der Waals surface area contributed by atoms with E-state index in [1.165, 1.54) is 32.1 Å². The average Bonchev–Trinajstić information content (AvgIpc) is 3.37. The molecule has 6 rings (SSSR count). The summed E-state index contributed by atoms with van der Waals surface area (Å²) in [5.41, 5.74) is 2.25. The molecule has 2 saturated heterocycles. The van der Waals surface area contributed by atoms with E-state index in [0.717, 1.165) is 49.9 Å². The summed E-state index contributed by atoms with van der Waals surface area (Å²) < 4.78 is 19.1. The van der Waals surface area contributed by atoms with Gasteiger partial charge in [0.15, 0.2) is 6.29 Å². The minimum Gasteiger partial charge on any atom is -0.396 e. The molecule has 6 nitrogen and oxygen atoms in total. The number of aliphatic hydroxyl groups excluding tert-OH is 3. The molecule has 0 amide bonds. The Balaban J connectivity index is 1.12. The molecule has 0 bridgehead atoms. The molecule has 0 radical (unpaired) electrons. The number of fused-ring (bicyclic) bond motifs is 7. The van der Waals surface area contributed by atoms with E-state index >= 15 is 0 Å². The second-order valence-electron chi connectivity index (χ2n) is 14.4. The van der Waals surface area contributed by atoms with Crippen LogP contribution < -0.4 is 0 Å². The lowest BCUT2D eigenvalue weighted by molar-refractivity contribution is -0.242. The molecule has 6 heteroatoms. The first kappa shape index (κ1) is 27.7. The van der Waals surface area contributed by atoms with Crippen LogP contribution in [0.5, 0.6) is 0 Å². The van der Waals surface area contributed by atoms with Gasteiger partial charge in [-0.2, -0.15) is 0 Å². The molecule has 0 aromatic carbocycles. The van der Waals surface area contributed by atoms with E-state index in [9.17, 15) is 15.3 Å². The number of hydrogen-bond acceptors (Lipinski definition) is 6. The summed E-state index contributed by atoms with van der Waals surface area (Å²) in [6, 6.07) is 0. The lowest BCUT2D eigenvalue weighted by Gasteiger charge is -2.58. The van der Waals surface area contributed by atoms with E-state index in [1.807, 2.05) is 0 Å². The highest BCUT2D eigenvalue weighted by molar-refractivity contribution is 5.26. The number of aliphatic hydroxyl groups is 3. The summed E-state index contributed by atoms with van der Waals surface area (Å²) >= 11 is 0. The van der Waals surface area contributed by atoms with Crippen molar-refractivity contribution in [1.29, 1.82) is 0 Å². The van der Waals surface area contributed by atoms with E-state index in [4.69, 9.17) is 14.2 Å². The van der Waals surface area contributed by atoms with Crippen molar-refractivity contribution in [3.8, 4) is 0 Å². The maximum atomic E-state index is 10.2. The van der Waals surface area contributed by atoms with Crippen molar-refractivity contribution >= 4 is 0 Å². The second-order valence-corrected chi connectivity index (χ2v) is 14.4. The fourth-order valence-corrected chi connectivity index (χ4v) is 10.6. The third-order valence-electron chi connectivity index (χ3n) is 12.4. The van der Waals surface area contributed by atoms with Crippen molar-refractivity contribution < 1.29 is 29.5 Å². The van der Waals surface area contributed by atoms with E-state index in [0.29, 0.717) is 48.9 Å². The summed E-state index contributed by atoms with van der Waals surface area (Å²) in [4.78, 5) is 0. The van der Waals surface area contributed by atoms with Crippen molar-refractivity contribution in [1.82, 2.24) is 0 Å². The van der Waals surface area contributed by atoms with Crippen LogP contribution >= 0.6 is 0 Å². The fraction of sp³-hybridized carbons (Fsp3) is 0.938. The van der Waals surface area contributed by atoms with Gasteiger partial charge in [-0.05, 0) is 105 Å². The predicted octanol–water partition coefficient (Wildman–Crippen LogP) is 4.98. The lowest BCUT2D eigenvalue weighted by Crippen LogP contribution is -2.51. The summed E-state index contributed by atoms with van der Waals surface area (Å²) in [7, 11) is 0. The monoisotopic (exact) mass is 532 g/mol. The molecule has 4 aliphatic carbocycles. The van der Waals surface area contributed by atoms with Gasteiger partial charge in [0, 0.05) is 19.4 Å². The molecule has 3 saturated carbocycles. The summed E-state index contributed by atoms with van der Waals surface area (Å²) in [5.74, 6) is 3.57. The molecule has 6 unspecified atom stereocenters. The maximum Gasteiger partial charge on any atom is 0.160 e. The average molecular weight is 533 g/mol. The molecule has 0 spiro atoms. The summed E-state index contributed by atoms with van der Waals surface area (Å²) in [5, 5.41) is 28.9. The number of ether oxygens (including phenoxy) is 3. The van der Waals surface area contributed by atoms with Crippen molar-refractivity contribution in [3.63, 3.8) is 0 Å². The Morgan fingerprint density at radius 3 is 2.66 bits per heavy atom. The molecule has 13 atom stereocenters. The minimum atomic E-state index is -0.459. The second kappa shape index (κ2) is 10.7. The molecule has 3 N–H and O–H groups in total. The highest BCUT2D eigenvalue weighted by Crippen LogP contribution is 2.69. The van der Waals surface area contributed by atoms with Crippen LogP contribution in [0.2, 0.25) is 0 Å². The zero-order valence-corrected chi connectivity index (χ0v) is 23.9. The van der Waals surface area contributed by atoms with E-state index in [-0.39, 0.29) is 24.2 Å². The van der Waals surface area contributed by atoms with Gasteiger partial charge in [-0.3, -0.25) is 0 Å². The van der Waals surface area contributed by atoms with Crippen LogP contribution in [0.25, 0.3) is 0 Å². The van der Waals surface area contributed by atoms with Crippen LogP contribution in [0.15, 0.2) is 11.6 Å². The van der Waals surface area contributed by atoms with Crippen molar-refractivity contribution in [2.75, 3.05) is 13.2 Å². The highest BCUT2D eigenvalue weighted by Gasteiger charge is 2.65. The largest absolute Gasteiger partial charge is 0.396 e. The van der Waals surface area contributed by atoms with Crippen molar-refractivity contribution in [3.05, 3.63) is 11.6 Å². The lowest BCUT2D eigenvalue weighted by atomic mass is 9.47. The molecule has 216 valence electrons. The third kappa shape index (κ3) is 4.63.